The number of aliphatic imine (C=N–C) groups is 1. The molecule has 5 nitrogen and oxygen atoms in total. The third-order valence-corrected chi connectivity index (χ3v) is 6.34. The molecule has 2 rings (SSSR count). The maximum absolute atomic E-state index is 4.98. The number of thioether (sulfide) groups is 1. The number of hydrogen-bond acceptors (Lipinski definition) is 4. The average Bonchev–Trinajstić information content (AvgIpc) is 2.57. The van der Waals surface area contributed by atoms with Crippen LogP contribution in [-0.4, -0.2) is 96.1 Å². The molecule has 1 unspecified atom stereocenters. The average molecular weight is 484 g/mol. The summed E-state index contributed by atoms with van der Waals surface area (Å²) in [4.78, 5) is 12.6. The Morgan fingerprint density at radius 2 is 1.84 bits per heavy atom. The van der Waals surface area contributed by atoms with E-state index in [1.807, 2.05) is 0 Å². The first kappa shape index (κ1) is 23.3. The van der Waals surface area contributed by atoms with Gasteiger partial charge in [-0.15, -0.1) is 24.0 Å². The molecular formula is C18H38IN5S. The highest BCUT2D eigenvalue weighted by Gasteiger charge is 2.29. The molecule has 0 aliphatic carbocycles. The van der Waals surface area contributed by atoms with Crippen molar-refractivity contribution >= 4 is 41.7 Å². The standard InChI is InChI=1S/C18H37N5S.HI/c1-6-19-17(23-12-13-24-18(4,5)15-23)20-14-16(3)22-10-8-21(7-2)9-11-22;/h16H,6-15H2,1-5H3,(H,19,20);1H. The van der Waals surface area contributed by atoms with Gasteiger partial charge < -0.3 is 15.1 Å². The van der Waals surface area contributed by atoms with E-state index in [2.05, 4.69) is 66.4 Å². The van der Waals surface area contributed by atoms with E-state index in [0.717, 1.165) is 32.1 Å². The summed E-state index contributed by atoms with van der Waals surface area (Å²) in [6.07, 6.45) is 0. The Labute approximate surface area is 176 Å². The summed E-state index contributed by atoms with van der Waals surface area (Å²) in [6.45, 7) is 21.3. The van der Waals surface area contributed by atoms with Crippen molar-refractivity contribution in [3.8, 4) is 0 Å². The lowest BCUT2D eigenvalue weighted by atomic mass is 10.2. The number of guanidine groups is 1. The van der Waals surface area contributed by atoms with Gasteiger partial charge in [0, 0.05) is 62.4 Å². The molecule has 0 radical (unpaired) electrons. The summed E-state index contributed by atoms with van der Waals surface area (Å²) in [5.74, 6) is 2.29. The van der Waals surface area contributed by atoms with Crippen LogP contribution in [0.25, 0.3) is 0 Å². The number of rotatable bonds is 5. The van der Waals surface area contributed by atoms with Crippen molar-refractivity contribution in [1.82, 2.24) is 20.0 Å². The van der Waals surface area contributed by atoms with E-state index in [4.69, 9.17) is 4.99 Å². The largest absolute Gasteiger partial charge is 0.357 e. The highest BCUT2D eigenvalue weighted by atomic mass is 127. The van der Waals surface area contributed by atoms with Gasteiger partial charge in [-0.2, -0.15) is 11.8 Å². The summed E-state index contributed by atoms with van der Waals surface area (Å²) in [5.41, 5.74) is 0. The molecule has 0 bridgehead atoms. The number of halogens is 1. The fourth-order valence-corrected chi connectivity index (χ4v) is 4.59. The Kier molecular flexibility index (Phi) is 10.4. The number of likely N-dealkylation sites (N-methyl/N-ethyl adjacent to an activating group) is 1. The van der Waals surface area contributed by atoms with Crippen molar-refractivity contribution in [2.45, 2.75) is 45.4 Å². The molecule has 0 aromatic heterocycles. The van der Waals surface area contributed by atoms with E-state index in [0.29, 0.717) is 10.8 Å². The smallest absolute Gasteiger partial charge is 0.194 e. The van der Waals surface area contributed by atoms with Gasteiger partial charge in [0.15, 0.2) is 5.96 Å². The molecule has 1 atom stereocenters. The molecule has 7 heteroatoms. The Hall–Kier alpha value is 0.270. The lowest BCUT2D eigenvalue weighted by Gasteiger charge is -2.40. The van der Waals surface area contributed by atoms with Crippen molar-refractivity contribution < 1.29 is 0 Å². The summed E-state index contributed by atoms with van der Waals surface area (Å²) >= 11 is 2.07. The van der Waals surface area contributed by atoms with E-state index in [1.165, 1.54) is 38.5 Å². The van der Waals surface area contributed by atoms with Crippen molar-refractivity contribution in [2.24, 2.45) is 4.99 Å². The minimum absolute atomic E-state index is 0. The summed E-state index contributed by atoms with van der Waals surface area (Å²) in [5, 5.41) is 3.50. The predicted molar refractivity (Wildman–Crippen MR) is 123 cm³/mol. The monoisotopic (exact) mass is 483 g/mol. The van der Waals surface area contributed by atoms with Crippen LogP contribution in [-0.2, 0) is 0 Å². The number of nitrogens with one attached hydrogen (secondary N) is 1. The van der Waals surface area contributed by atoms with E-state index in [9.17, 15) is 0 Å². The molecule has 2 aliphatic heterocycles. The van der Waals surface area contributed by atoms with Crippen molar-refractivity contribution in [1.29, 1.82) is 0 Å². The highest BCUT2D eigenvalue weighted by molar-refractivity contribution is 14.0. The third kappa shape index (κ3) is 7.42. The van der Waals surface area contributed by atoms with Crippen LogP contribution in [0.15, 0.2) is 4.99 Å². The normalized spacial score (nSPS) is 23.9. The maximum atomic E-state index is 4.98. The van der Waals surface area contributed by atoms with Crippen molar-refractivity contribution in [3.05, 3.63) is 0 Å². The van der Waals surface area contributed by atoms with Gasteiger partial charge in [-0.3, -0.25) is 9.89 Å². The molecule has 25 heavy (non-hydrogen) atoms. The van der Waals surface area contributed by atoms with Crippen molar-refractivity contribution in [3.63, 3.8) is 0 Å². The first-order chi connectivity index (χ1) is 11.4. The summed E-state index contributed by atoms with van der Waals surface area (Å²) in [6, 6.07) is 0.518. The van der Waals surface area contributed by atoms with Gasteiger partial charge >= 0.3 is 0 Å². The van der Waals surface area contributed by atoms with Gasteiger partial charge in [0.05, 0.1) is 6.54 Å². The van der Waals surface area contributed by atoms with E-state index in [1.54, 1.807) is 0 Å². The second kappa shape index (κ2) is 11.2. The number of piperazine rings is 1. The first-order valence-electron chi connectivity index (χ1n) is 9.58. The molecule has 0 aromatic rings. The fraction of sp³-hybridized carbons (Fsp3) is 0.944. The maximum Gasteiger partial charge on any atom is 0.194 e. The molecule has 0 amide bonds. The van der Waals surface area contributed by atoms with Crippen LogP contribution in [0.4, 0.5) is 0 Å². The molecule has 0 saturated carbocycles. The molecule has 2 saturated heterocycles. The Balaban J connectivity index is 0.00000312. The predicted octanol–water partition coefficient (Wildman–Crippen LogP) is 2.42. The van der Waals surface area contributed by atoms with Crippen LogP contribution in [0.1, 0.15) is 34.6 Å². The SMILES string of the molecule is CCNC(=NCC(C)N1CCN(CC)CC1)N1CCSC(C)(C)C1.I. The Morgan fingerprint density at radius 1 is 1.16 bits per heavy atom. The summed E-state index contributed by atoms with van der Waals surface area (Å²) in [7, 11) is 0. The molecular weight excluding hydrogens is 445 g/mol. The number of nitrogens with zero attached hydrogens (tertiary/aromatic N) is 4. The van der Waals surface area contributed by atoms with Crippen LogP contribution < -0.4 is 5.32 Å². The lowest BCUT2D eigenvalue weighted by Crippen LogP contribution is -2.52. The van der Waals surface area contributed by atoms with Gasteiger partial charge in [0.2, 0.25) is 0 Å². The summed E-state index contributed by atoms with van der Waals surface area (Å²) < 4.78 is 0.316. The van der Waals surface area contributed by atoms with Gasteiger partial charge in [-0.25, -0.2) is 0 Å². The molecule has 2 fully saturated rings. The Bertz CT molecular complexity index is 410. The molecule has 0 spiro atoms. The van der Waals surface area contributed by atoms with E-state index >= 15 is 0 Å². The zero-order valence-electron chi connectivity index (χ0n) is 16.8. The third-order valence-electron chi connectivity index (χ3n) is 5.04. The van der Waals surface area contributed by atoms with Crippen molar-refractivity contribution in [2.75, 3.05) is 64.7 Å². The Morgan fingerprint density at radius 3 is 2.40 bits per heavy atom. The molecule has 2 aliphatic rings. The topological polar surface area (TPSA) is 34.1 Å². The number of hydrogen-bond donors (Lipinski definition) is 1. The van der Waals surface area contributed by atoms with E-state index < -0.39 is 0 Å². The minimum atomic E-state index is 0. The molecule has 0 aromatic carbocycles. The van der Waals surface area contributed by atoms with E-state index in [-0.39, 0.29) is 24.0 Å². The van der Waals surface area contributed by atoms with Gasteiger partial charge in [0.1, 0.15) is 0 Å². The molecule has 148 valence electrons. The van der Waals surface area contributed by atoms with Crippen LogP contribution in [0.5, 0.6) is 0 Å². The minimum Gasteiger partial charge on any atom is -0.357 e. The quantitative estimate of drug-likeness (QED) is 0.369. The second-order valence-electron chi connectivity index (χ2n) is 7.54. The molecule has 1 N–H and O–H groups in total. The van der Waals surface area contributed by atoms with Gasteiger partial charge in [-0.1, -0.05) is 6.92 Å². The zero-order chi connectivity index (χ0) is 17.6. The van der Waals surface area contributed by atoms with Gasteiger partial charge in [0.25, 0.3) is 0 Å². The zero-order valence-corrected chi connectivity index (χ0v) is 19.9. The van der Waals surface area contributed by atoms with Crippen LogP contribution in [0.2, 0.25) is 0 Å². The fourth-order valence-electron chi connectivity index (χ4n) is 3.48. The van der Waals surface area contributed by atoms with Crippen LogP contribution in [0.3, 0.4) is 0 Å². The lowest BCUT2D eigenvalue weighted by molar-refractivity contribution is 0.109. The van der Waals surface area contributed by atoms with Gasteiger partial charge in [-0.05, 0) is 34.2 Å². The first-order valence-corrected chi connectivity index (χ1v) is 10.6. The van der Waals surface area contributed by atoms with Crippen LogP contribution >= 0.6 is 35.7 Å². The second-order valence-corrected chi connectivity index (χ2v) is 9.35. The molecule has 2 heterocycles. The van der Waals surface area contributed by atoms with Crippen LogP contribution in [0, 0.1) is 0 Å². The highest BCUT2D eigenvalue weighted by Crippen LogP contribution is 2.29.